The zero-order valence-corrected chi connectivity index (χ0v) is 29.4. The minimum atomic E-state index is -0.851. The molecule has 1 unspecified atom stereocenters. The summed E-state index contributed by atoms with van der Waals surface area (Å²) in [5, 5.41) is 0. The van der Waals surface area contributed by atoms with Crippen molar-refractivity contribution in [3.63, 3.8) is 0 Å². The predicted molar refractivity (Wildman–Crippen MR) is 182 cm³/mol. The molecule has 3 rings (SSSR count). The molecule has 262 valence electrons. The maximum atomic E-state index is 14.0. The molecule has 1 saturated heterocycles. The number of rotatable bonds is 19. The Morgan fingerprint density at radius 3 is 2.31 bits per heavy atom. The zero-order valence-electron chi connectivity index (χ0n) is 29.4. The van der Waals surface area contributed by atoms with Gasteiger partial charge in [0.15, 0.2) is 17.3 Å². The number of methoxy groups -OCH3 is 2. The molecule has 1 heterocycles. The second-order valence-corrected chi connectivity index (χ2v) is 12.7. The number of imide groups is 1. The first-order valence-electron chi connectivity index (χ1n) is 16.7. The first kappa shape index (κ1) is 38.3. The Hall–Kier alpha value is -4.18. The summed E-state index contributed by atoms with van der Waals surface area (Å²) < 4.78 is 27.2. The summed E-state index contributed by atoms with van der Waals surface area (Å²) in [4.78, 5) is 55.1. The molecule has 1 aliphatic rings. The Balaban J connectivity index is 1.87. The van der Waals surface area contributed by atoms with E-state index in [4.69, 9.17) is 23.7 Å². The summed E-state index contributed by atoms with van der Waals surface area (Å²) in [5.41, 5.74) is 1.81. The van der Waals surface area contributed by atoms with E-state index in [2.05, 4.69) is 0 Å². The molecule has 0 spiro atoms. The summed E-state index contributed by atoms with van der Waals surface area (Å²) in [6.07, 6.45) is 2.38. The van der Waals surface area contributed by atoms with Crippen molar-refractivity contribution >= 4 is 23.8 Å². The Kier molecular flexibility index (Phi) is 15.1. The van der Waals surface area contributed by atoms with E-state index in [0.29, 0.717) is 37.6 Å². The van der Waals surface area contributed by atoms with Gasteiger partial charge in [-0.15, -0.1) is 0 Å². The summed E-state index contributed by atoms with van der Waals surface area (Å²) in [5.74, 6) is -1.83. The van der Waals surface area contributed by atoms with Crippen molar-refractivity contribution in [3.05, 3.63) is 71.3 Å². The number of allylic oxidation sites excluding steroid dienone is 1. The minimum Gasteiger partial charge on any atom is -0.493 e. The second kappa shape index (κ2) is 19.0. The summed E-state index contributed by atoms with van der Waals surface area (Å²) in [7, 11) is 3.22. The van der Waals surface area contributed by atoms with E-state index in [9.17, 15) is 19.2 Å². The highest BCUT2D eigenvalue weighted by Crippen LogP contribution is 2.32. The molecule has 1 fully saturated rings. The van der Waals surface area contributed by atoms with Crippen LogP contribution < -0.4 is 9.47 Å². The van der Waals surface area contributed by atoms with Crippen LogP contribution in [0.15, 0.2) is 60.2 Å². The molecule has 0 aliphatic carbocycles. The number of Topliss-reactive ketones (excluding diaryl/α,β-unsaturated/α-hetero) is 1. The summed E-state index contributed by atoms with van der Waals surface area (Å²) in [6, 6.07) is 14.7. The number of carbonyl (C=O) groups is 4. The van der Waals surface area contributed by atoms with Gasteiger partial charge >= 0.3 is 12.1 Å². The fraction of sp³-hybridized carbons (Fsp3) is 0.526. The number of benzene rings is 2. The van der Waals surface area contributed by atoms with E-state index in [1.54, 1.807) is 27.2 Å². The monoisotopic (exact) mass is 665 g/mol. The van der Waals surface area contributed by atoms with E-state index in [-0.39, 0.29) is 43.0 Å². The lowest BCUT2D eigenvalue weighted by Crippen LogP contribution is -2.45. The highest BCUT2D eigenvalue weighted by molar-refractivity contribution is 6.18. The molecule has 2 aromatic rings. The molecule has 0 N–H and O–H groups in total. The van der Waals surface area contributed by atoms with Crippen molar-refractivity contribution in [1.82, 2.24) is 4.90 Å². The maximum absolute atomic E-state index is 14.0. The van der Waals surface area contributed by atoms with Crippen LogP contribution in [0.2, 0.25) is 0 Å². The van der Waals surface area contributed by atoms with E-state index in [1.165, 1.54) is 0 Å². The molecule has 0 aromatic heterocycles. The smallest absolute Gasteiger partial charge is 0.416 e. The first-order valence-corrected chi connectivity index (χ1v) is 16.7. The number of esters is 1. The molecule has 48 heavy (non-hydrogen) atoms. The van der Waals surface area contributed by atoms with Crippen molar-refractivity contribution in [1.29, 1.82) is 0 Å². The SMILES string of the molecule is CCOC(=O)/C(=C\C(Cc1ccc(OC)c(OCCCOC)c1)C(C)C)C(=O)C[C@H](C(=O)N1C(=O)OC[C@@H]1Cc1ccccc1)C(C)C. The van der Waals surface area contributed by atoms with Gasteiger partial charge in [0, 0.05) is 32.5 Å². The lowest BCUT2D eigenvalue weighted by Gasteiger charge is -2.27. The van der Waals surface area contributed by atoms with Crippen LogP contribution in [0.3, 0.4) is 0 Å². The van der Waals surface area contributed by atoms with Crippen molar-refractivity contribution in [2.45, 2.75) is 66.3 Å². The summed E-state index contributed by atoms with van der Waals surface area (Å²) >= 11 is 0. The number of amides is 2. The van der Waals surface area contributed by atoms with Gasteiger partial charge in [-0.05, 0) is 60.8 Å². The average molecular weight is 666 g/mol. The number of nitrogens with zero attached hydrogens (tertiary/aromatic N) is 1. The number of hydrogen-bond donors (Lipinski definition) is 0. The van der Waals surface area contributed by atoms with Crippen molar-refractivity contribution in [2.24, 2.45) is 23.7 Å². The van der Waals surface area contributed by atoms with Crippen LogP contribution in [0.5, 0.6) is 11.5 Å². The van der Waals surface area contributed by atoms with Gasteiger partial charge < -0.3 is 23.7 Å². The van der Waals surface area contributed by atoms with E-state index in [0.717, 1.165) is 22.4 Å². The van der Waals surface area contributed by atoms with E-state index < -0.39 is 35.7 Å². The third kappa shape index (κ3) is 10.7. The van der Waals surface area contributed by atoms with Crippen LogP contribution >= 0.6 is 0 Å². The Morgan fingerprint density at radius 2 is 1.69 bits per heavy atom. The van der Waals surface area contributed by atoms with Crippen LogP contribution in [0.25, 0.3) is 0 Å². The van der Waals surface area contributed by atoms with Crippen LogP contribution in [-0.4, -0.2) is 75.3 Å². The van der Waals surface area contributed by atoms with Gasteiger partial charge in [0.25, 0.3) is 0 Å². The number of carbonyl (C=O) groups excluding carboxylic acids is 4. The van der Waals surface area contributed by atoms with Gasteiger partial charge in [-0.2, -0.15) is 0 Å². The fourth-order valence-electron chi connectivity index (χ4n) is 5.67. The molecule has 0 bridgehead atoms. The Morgan fingerprint density at radius 1 is 0.958 bits per heavy atom. The first-order chi connectivity index (χ1) is 23.0. The minimum absolute atomic E-state index is 0.0519. The van der Waals surface area contributed by atoms with Crippen LogP contribution in [0.4, 0.5) is 4.79 Å². The predicted octanol–water partition coefficient (Wildman–Crippen LogP) is 6.24. The summed E-state index contributed by atoms with van der Waals surface area (Å²) in [6.45, 7) is 10.6. The molecule has 3 atom stereocenters. The number of ketones is 1. The third-order valence-electron chi connectivity index (χ3n) is 8.52. The van der Waals surface area contributed by atoms with Gasteiger partial charge in [0.2, 0.25) is 5.91 Å². The van der Waals surface area contributed by atoms with Crippen LogP contribution in [0.1, 0.15) is 58.6 Å². The normalized spacial score (nSPS) is 16.1. The molecule has 10 nitrogen and oxygen atoms in total. The molecule has 0 radical (unpaired) electrons. The van der Waals surface area contributed by atoms with Crippen molar-refractivity contribution < 1.29 is 42.9 Å². The maximum Gasteiger partial charge on any atom is 0.416 e. The van der Waals surface area contributed by atoms with Crippen molar-refractivity contribution in [3.8, 4) is 11.5 Å². The van der Waals surface area contributed by atoms with Gasteiger partial charge in [-0.3, -0.25) is 9.59 Å². The molecular weight excluding hydrogens is 614 g/mol. The van der Waals surface area contributed by atoms with Gasteiger partial charge in [0.1, 0.15) is 6.61 Å². The standard InChI is InChI=1S/C38H51NO9/c1-8-46-37(42)32(22-29(25(2)3)19-28-15-16-34(45-7)35(21-28)47-18-12-17-44-6)33(40)23-31(26(4)5)36(41)39-30(24-48-38(39)43)20-27-13-10-9-11-14-27/h9-11,13-16,21-22,25-26,29-31H,8,12,17-20,23-24H2,1-7H3/b32-22-/t29?,30-,31-/m0/s1. The van der Waals surface area contributed by atoms with Gasteiger partial charge in [-0.25, -0.2) is 14.5 Å². The number of cyclic esters (lactones) is 1. The largest absolute Gasteiger partial charge is 0.493 e. The van der Waals surface area contributed by atoms with E-state index >= 15 is 0 Å². The fourth-order valence-corrected chi connectivity index (χ4v) is 5.67. The third-order valence-corrected chi connectivity index (χ3v) is 8.52. The quantitative estimate of drug-likeness (QED) is 0.0565. The molecule has 1 aliphatic heterocycles. The number of ether oxygens (including phenoxy) is 5. The molecule has 0 saturated carbocycles. The molecule has 2 amide bonds. The van der Waals surface area contributed by atoms with Crippen LogP contribution in [0, 0.1) is 23.7 Å². The highest BCUT2D eigenvalue weighted by atomic mass is 16.6. The second-order valence-electron chi connectivity index (χ2n) is 12.7. The molecule has 2 aromatic carbocycles. The van der Waals surface area contributed by atoms with E-state index in [1.807, 2.05) is 76.2 Å². The lowest BCUT2D eigenvalue weighted by atomic mass is 9.84. The highest BCUT2D eigenvalue weighted by Gasteiger charge is 2.42. The lowest BCUT2D eigenvalue weighted by molar-refractivity contribution is -0.142. The number of hydrogen-bond acceptors (Lipinski definition) is 9. The van der Waals surface area contributed by atoms with Crippen LogP contribution in [-0.2, 0) is 41.4 Å². The van der Waals surface area contributed by atoms with Crippen molar-refractivity contribution in [2.75, 3.05) is 40.6 Å². The Labute approximate surface area is 284 Å². The zero-order chi connectivity index (χ0) is 35.2. The Bertz CT molecular complexity index is 1400. The van der Waals surface area contributed by atoms with Gasteiger partial charge in [-0.1, -0.05) is 70.2 Å². The van der Waals surface area contributed by atoms with Gasteiger partial charge in [0.05, 0.1) is 31.9 Å². The average Bonchev–Trinajstić information content (AvgIpc) is 3.42. The molecule has 10 heteroatoms. The molecular formula is C38H51NO9. The topological polar surface area (TPSA) is 118 Å².